The number of hydrogen-bond acceptors (Lipinski definition) is 5. The predicted molar refractivity (Wildman–Crippen MR) is 112 cm³/mol. The number of aromatic nitrogens is 1. The number of amides is 1. The minimum Gasteiger partial charge on any atom is -0.350 e. The van der Waals surface area contributed by atoms with Crippen LogP contribution >= 0.6 is 11.3 Å². The molecule has 0 saturated heterocycles. The lowest BCUT2D eigenvalue weighted by molar-refractivity contribution is -0.121. The first kappa shape index (κ1) is 17.2. The molecule has 1 atom stereocenters. The Kier molecular flexibility index (Phi) is 4.80. The molecule has 0 aliphatic rings. The maximum Gasteiger partial charge on any atom is 0.262 e. The van der Waals surface area contributed by atoms with Gasteiger partial charge in [0.2, 0.25) is 0 Å². The molecule has 4 aromatic rings. The molecule has 0 unspecified atom stereocenters. The lowest BCUT2D eigenvalue weighted by atomic mass is 10.1. The molecule has 0 fully saturated rings. The molecule has 1 amide bonds. The van der Waals surface area contributed by atoms with Crippen LogP contribution in [0.3, 0.4) is 0 Å². The molecule has 0 bridgehead atoms. The molecule has 0 aliphatic carbocycles. The fourth-order valence-corrected chi connectivity index (χ4v) is 3.69. The van der Waals surface area contributed by atoms with Crippen LogP contribution in [0, 0.1) is 0 Å². The van der Waals surface area contributed by atoms with E-state index in [4.69, 9.17) is 0 Å². The number of nitrogens with zero attached hydrogens (tertiary/aromatic N) is 2. The average molecular weight is 374 g/mol. The number of benzene rings is 3. The van der Waals surface area contributed by atoms with Gasteiger partial charge >= 0.3 is 0 Å². The lowest BCUT2D eigenvalue weighted by Gasteiger charge is -2.10. The molecule has 1 heterocycles. The van der Waals surface area contributed by atoms with Gasteiger partial charge in [-0.25, -0.2) is 10.4 Å². The van der Waals surface area contributed by atoms with Crippen molar-refractivity contribution in [2.75, 3.05) is 5.32 Å². The molecule has 6 heteroatoms. The van der Waals surface area contributed by atoms with Gasteiger partial charge in [0.05, 0.1) is 16.4 Å². The van der Waals surface area contributed by atoms with Crippen LogP contribution in [0.2, 0.25) is 0 Å². The number of hydrogen-bond donors (Lipinski definition) is 2. The van der Waals surface area contributed by atoms with Gasteiger partial charge in [0.25, 0.3) is 5.91 Å². The standard InChI is InChI=1S/C21H18N4OS/c1-14(23-21-24-18-8-4-5-9-19(18)27-21)20(26)25-22-13-15-10-11-16-6-2-3-7-17(16)12-15/h2-14H,1H3,(H,23,24)(H,25,26)/b22-13-/t14-/m1/s1. The van der Waals surface area contributed by atoms with Crippen LogP contribution in [-0.2, 0) is 4.79 Å². The van der Waals surface area contributed by atoms with Crippen molar-refractivity contribution in [2.24, 2.45) is 5.10 Å². The van der Waals surface area contributed by atoms with Gasteiger partial charge in [-0.05, 0) is 41.5 Å². The molecule has 5 nitrogen and oxygen atoms in total. The summed E-state index contributed by atoms with van der Waals surface area (Å²) in [4.78, 5) is 16.7. The summed E-state index contributed by atoms with van der Waals surface area (Å²) in [5.74, 6) is -0.216. The average Bonchev–Trinajstić information content (AvgIpc) is 3.10. The largest absolute Gasteiger partial charge is 0.350 e. The monoisotopic (exact) mass is 374 g/mol. The maximum atomic E-state index is 12.3. The third-order valence-electron chi connectivity index (χ3n) is 4.19. The van der Waals surface area contributed by atoms with Gasteiger partial charge in [-0.1, -0.05) is 59.9 Å². The van der Waals surface area contributed by atoms with Crippen molar-refractivity contribution in [2.45, 2.75) is 13.0 Å². The van der Waals surface area contributed by atoms with E-state index in [-0.39, 0.29) is 5.91 Å². The zero-order chi connectivity index (χ0) is 18.6. The lowest BCUT2D eigenvalue weighted by Crippen LogP contribution is -2.34. The number of carbonyl (C=O) groups is 1. The van der Waals surface area contributed by atoms with Gasteiger partial charge in [0.15, 0.2) is 5.13 Å². The summed E-state index contributed by atoms with van der Waals surface area (Å²) in [6.07, 6.45) is 1.65. The molecule has 134 valence electrons. The minimum atomic E-state index is -0.445. The first-order valence-corrected chi connectivity index (χ1v) is 9.44. The van der Waals surface area contributed by atoms with Crippen LogP contribution in [0.25, 0.3) is 21.0 Å². The van der Waals surface area contributed by atoms with Crippen molar-refractivity contribution >= 4 is 49.6 Å². The number of fused-ring (bicyclic) bond motifs is 2. The second-order valence-electron chi connectivity index (χ2n) is 6.19. The van der Waals surface area contributed by atoms with Crippen LogP contribution in [0.1, 0.15) is 12.5 Å². The van der Waals surface area contributed by atoms with Crippen molar-refractivity contribution in [1.29, 1.82) is 0 Å². The molecule has 4 rings (SSSR count). The zero-order valence-corrected chi connectivity index (χ0v) is 15.5. The minimum absolute atomic E-state index is 0.216. The Morgan fingerprint density at radius 3 is 2.70 bits per heavy atom. The Bertz CT molecular complexity index is 1100. The number of hydrazone groups is 1. The van der Waals surface area contributed by atoms with Crippen molar-refractivity contribution in [1.82, 2.24) is 10.4 Å². The van der Waals surface area contributed by atoms with Crippen molar-refractivity contribution in [3.8, 4) is 0 Å². The number of thiazole rings is 1. The second kappa shape index (κ2) is 7.55. The zero-order valence-electron chi connectivity index (χ0n) is 14.7. The van der Waals surface area contributed by atoms with E-state index < -0.39 is 6.04 Å². The van der Waals surface area contributed by atoms with Gasteiger partial charge in [-0.15, -0.1) is 0 Å². The normalized spacial score (nSPS) is 12.5. The molecule has 27 heavy (non-hydrogen) atoms. The van der Waals surface area contributed by atoms with Gasteiger partial charge in [-0.3, -0.25) is 4.79 Å². The highest BCUT2D eigenvalue weighted by atomic mass is 32.1. The molecular weight excluding hydrogens is 356 g/mol. The summed E-state index contributed by atoms with van der Waals surface area (Å²) in [6.45, 7) is 1.78. The smallest absolute Gasteiger partial charge is 0.262 e. The molecule has 3 aromatic carbocycles. The molecule has 1 aromatic heterocycles. The number of carbonyl (C=O) groups excluding carboxylic acids is 1. The molecule has 0 saturated carbocycles. The highest BCUT2D eigenvalue weighted by Crippen LogP contribution is 2.25. The number of anilines is 1. The summed E-state index contributed by atoms with van der Waals surface area (Å²) >= 11 is 1.52. The highest BCUT2D eigenvalue weighted by molar-refractivity contribution is 7.22. The van der Waals surface area contributed by atoms with E-state index in [0.717, 1.165) is 26.3 Å². The van der Waals surface area contributed by atoms with Crippen LogP contribution in [0.15, 0.2) is 71.8 Å². The Labute approximate surface area is 160 Å². The predicted octanol–water partition coefficient (Wildman–Crippen LogP) is 4.40. The van der Waals surface area contributed by atoms with Gasteiger partial charge in [0.1, 0.15) is 6.04 Å². The van der Waals surface area contributed by atoms with Crippen molar-refractivity contribution in [3.63, 3.8) is 0 Å². The molecular formula is C21H18N4OS. The van der Waals surface area contributed by atoms with Crippen LogP contribution in [0.4, 0.5) is 5.13 Å². The summed E-state index contributed by atoms with van der Waals surface area (Å²) in [7, 11) is 0. The third kappa shape index (κ3) is 3.96. The fraction of sp³-hybridized carbons (Fsp3) is 0.0952. The van der Waals surface area contributed by atoms with E-state index >= 15 is 0 Å². The molecule has 2 N–H and O–H groups in total. The van der Waals surface area contributed by atoms with Gasteiger partial charge in [0, 0.05) is 0 Å². The van der Waals surface area contributed by atoms with E-state index in [2.05, 4.69) is 33.0 Å². The Hall–Kier alpha value is -3.25. The summed E-state index contributed by atoms with van der Waals surface area (Å²) in [6, 6.07) is 21.6. The molecule has 0 spiro atoms. The third-order valence-corrected chi connectivity index (χ3v) is 5.16. The number of para-hydroxylation sites is 1. The Balaban J connectivity index is 1.38. The quantitative estimate of drug-likeness (QED) is 0.402. The van der Waals surface area contributed by atoms with Crippen LogP contribution in [0.5, 0.6) is 0 Å². The Morgan fingerprint density at radius 2 is 1.85 bits per heavy atom. The Morgan fingerprint density at radius 1 is 1.07 bits per heavy atom. The summed E-state index contributed by atoms with van der Waals surface area (Å²) in [5.41, 5.74) is 4.43. The maximum absolute atomic E-state index is 12.3. The van der Waals surface area contributed by atoms with Crippen molar-refractivity contribution < 1.29 is 4.79 Å². The first-order valence-electron chi connectivity index (χ1n) is 8.63. The van der Waals surface area contributed by atoms with Crippen molar-refractivity contribution in [3.05, 3.63) is 72.3 Å². The van der Waals surface area contributed by atoms with E-state index in [1.807, 2.05) is 54.6 Å². The van der Waals surface area contributed by atoms with E-state index in [0.29, 0.717) is 0 Å². The highest BCUT2D eigenvalue weighted by Gasteiger charge is 2.14. The number of rotatable bonds is 5. The summed E-state index contributed by atoms with van der Waals surface area (Å²) < 4.78 is 1.09. The first-order chi connectivity index (χ1) is 13.2. The van der Waals surface area contributed by atoms with E-state index in [1.165, 1.54) is 16.7 Å². The summed E-state index contributed by atoms with van der Waals surface area (Å²) in [5, 5.41) is 10.2. The SMILES string of the molecule is C[C@@H](Nc1nc2ccccc2s1)C(=O)N/N=C\c1ccc2ccccc2c1. The topological polar surface area (TPSA) is 66.4 Å². The van der Waals surface area contributed by atoms with Gasteiger partial charge in [-0.2, -0.15) is 5.10 Å². The van der Waals surface area contributed by atoms with Crippen LogP contribution in [-0.4, -0.2) is 23.1 Å². The van der Waals surface area contributed by atoms with Crippen LogP contribution < -0.4 is 10.7 Å². The van der Waals surface area contributed by atoms with E-state index in [9.17, 15) is 4.79 Å². The van der Waals surface area contributed by atoms with Gasteiger partial charge < -0.3 is 5.32 Å². The fourth-order valence-electron chi connectivity index (χ4n) is 2.74. The second-order valence-corrected chi connectivity index (χ2v) is 7.22. The molecule has 0 radical (unpaired) electrons. The number of nitrogens with one attached hydrogen (secondary N) is 2. The van der Waals surface area contributed by atoms with E-state index in [1.54, 1.807) is 13.1 Å². The molecule has 0 aliphatic heterocycles.